The maximum absolute atomic E-state index is 12.1. The third-order valence-corrected chi connectivity index (χ3v) is 2.61. The minimum atomic E-state index is -0.691. The van der Waals surface area contributed by atoms with Crippen molar-refractivity contribution in [3.63, 3.8) is 0 Å². The minimum Gasteiger partial charge on any atom is -0.461 e. The van der Waals surface area contributed by atoms with E-state index in [-0.39, 0.29) is 12.0 Å². The van der Waals surface area contributed by atoms with Crippen molar-refractivity contribution in [2.24, 2.45) is 5.92 Å². The number of carbonyl (C=O) groups is 2. The zero-order valence-corrected chi connectivity index (χ0v) is 13.8. The molecule has 0 unspecified atom stereocenters. The molecule has 0 rings (SSSR count). The quantitative estimate of drug-likeness (QED) is 0.761. The summed E-state index contributed by atoms with van der Waals surface area (Å²) in [4.78, 5) is 23.8. The first-order valence-electron chi connectivity index (χ1n) is 7.26. The Morgan fingerprint density at radius 3 is 2.10 bits per heavy atom. The van der Waals surface area contributed by atoms with Crippen LogP contribution in [0.5, 0.6) is 0 Å². The summed E-state index contributed by atoms with van der Waals surface area (Å²) in [7, 11) is 0. The molecule has 0 heterocycles. The zero-order chi connectivity index (χ0) is 15.9. The van der Waals surface area contributed by atoms with Crippen LogP contribution >= 0.6 is 0 Å². The molecule has 0 saturated heterocycles. The summed E-state index contributed by atoms with van der Waals surface area (Å²) in [5.74, 6) is -0.476. The summed E-state index contributed by atoms with van der Waals surface area (Å²) >= 11 is 0. The highest BCUT2D eigenvalue weighted by Gasteiger charge is 2.29. The largest absolute Gasteiger partial charge is 0.461 e. The third kappa shape index (κ3) is 8.02. The summed E-state index contributed by atoms with van der Waals surface area (Å²) in [6.07, 6.45) is 1.01. The number of nitrogens with one attached hydrogen (secondary N) is 1. The van der Waals surface area contributed by atoms with Gasteiger partial charge in [0.25, 0.3) is 0 Å². The Morgan fingerprint density at radius 1 is 1.15 bits per heavy atom. The van der Waals surface area contributed by atoms with Crippen molar-refractivity contribution in [1.29, 1.82) is 0 Å². The fourth-order valence-electron chi connectivity index (χ4n) is 1.67. The van der Waals surface area contributed by atoms with E-state index in [1.807, 2.05) is 27.7 Å². The fourth-order valence-corrected chi connectivity index (χ4v) is 1.67. The molecular formula is C15H29NO4. The van der Waals surface area contributed by atoms with Crippen LogP contribution in [0.2, 0.25) is 0 Å². The van der Waals surface area contributed by atoms with E-state index in [1.165, 1.54) is 0 Å². The SMILES string of the molecule is CCC[C@H](C)OC(=O)[C@@H](NC(=O)OC(C)(C)C)C(C)C. The van der Waals surface area contributed by atoms with Gasteiger partial charge in [0, 0.05) is 0 Å². The Labute approximate surface area is 122 Å². The standard InChI is InChI=1S/C15H29NO4/c1-8-9-11(4)19-13(17)12(10(2)3)16-14(18)20-15(5,6)7/h10-12H,8-9H2,1-7H3,(H,16,18)/t11-,12-/m0/s1. The molecule has 1 N–H and O–H groups in total. The Bertz CT molecular complexity index is 320. The highest BCUT2D eigenvalue weighted by atomic mass is 16.6. The predicted octanol–water partition coefficient (Wildman–Crippen LogP) is 3.27. The van der Waals surface area contributed by atoms with Gasteiger partial charge in [0.1, 0.15) is 11.6 Å². The Hall–Kier alpha value is -1.26. The Balaban J connectivity index is 4.57. The van der Waals surface area contributed by atoms with E-state index in [2.05, 4.69) is 5.32 Å². The minimum absolute atomic E-state index is 0.0659. The van der Waals surface area contributed by atoms with Gasteiger partial charge in [0.05, 0.1) is 6.10 Å². The molecule has 0 aliphatic rings. The van der Waals surface area contributed by atoms with Gasteiger partial charge in [-0.1, -0.05) is 27.2 Å². The number of ether oxygens (including phenoxy) is 2. The van der Waals surface area contributed by atoms with E-state index in [0.29, 0.717) is 0 Å². The van der Waals surface area contributed by atoms with Crippen molar-refractivity contribution >= 4 is 12.1 Å². The topological polar surface area (TPSA) is 64.6 Å². The van der Waals surface area contributed by atoms with Gasteiger partial charge in [0.15, 0.2) is 0 Å². The van der Waals surface area contributed by atoms with Crippen LogP contribution in [0.25, 0.3) is 0 Å². The Morgan fingerprint density at radius 2 is 1.70 bits per heavy atom. The number of alkyl carbamates (subject to hydrolysis) is 1. The second-order valence-electron chi connectivity index (χ2n) is 6.40. The molecule has 0 aromatic carbocycles. The first kappa shape index (κ1) is 18.7. The molecule has 0 aromatic heterocycles. The summed E-state index contributed by atoms with van der Waals surface area (Å²) < 4.78 is 10.5. The first-order chi connectivity index (χ1) is 9.06. The highest BCUT2D eigenvalue weighted by Crippen LogP contribution is 2.11. The van der Waals surface area contributed by atoms with Crippen molar-refractivity contribution in [3.8, 4) is 0 Å². The summed E-state index contributed by atoms with van der Waals surface area (Å²) in [6.45, 7) is 12.9. The van der Waals surface area contributed by atoms with Gasteiger partial charge < -0.3 is 14.8 Å². The van der Waals surface area contributed by atoms with Gasteiger partial charge in [-0.3, -0.25) is 0 Å². The average molecular weight is 287 g/mol. The molecule has 2 atom stereocenters. The summed E-state index contributed by atoms with van der Waals surface area (Å²) in [6, 6.07) is -0.691. The van der Waals surface area contributed by atoms with E-state index in [1.54, 1.807) is 20.8 Å². The lowest BCUT2D eigenvalue weighted by Gasteiger charge is -2.25. The molecule has 0 aromatic rings. The second kappa shape index (κ2) is 8.12. The van der Waals surface area contributed by atoms with Gasteiger partial charge in [-0.15, -0.1) is 0 Å². The lowest BCUT2D eigenvalue weighted by Crippen LogP contribution is -2.47. The van der Waals surface area contributed by atoms with Gasteiger partial charge in [0.2, 0.25) is 0 Å². The lowest BCUT2D eigenvalue weighted by atomic mass is 10.0. The van der Waals surface area contributed by atoms with Gasteiger partial charge in [-0.2, -0.15) is 0 Å². The van der Waals surface area contributed by atoms with Crippen LogP contribution in [0.1, 0.15) is 61.3 Å². The molecule has 0 aliphatic heterocycles. The van der Waals surface area contributed by atoms with E-state index < -0.39 is 23.7 Å². The smallest absolute Gasteiger partial charge is 0.408 e. The van der Waals surface area contributed by atoms with Crippen LogP contribution < -0.4 is 5.32 Å². The number of rotatable bonds is 6. The molecule has 0 radical (unpaired) electrons. The van der Waals surface area contributed by atoms with E-state index in [9.17, 15) is 9.59 Å². The normalized spacial score (nSPS) is 14.6. The molecule has 20 heavy (non-hydrogen) atoms. The molecule has 5 nitrogen and oxygen atoms in total. The van der Waals surface area contributed by atoms with Crippen molar-refractivity contribution in [1.82, 2.24) is 5.32 Å². The fraction of sp³-hybridized carbons (Fsp3) is 0.867. The van der Waals surface area contributed by atoms with Crippen LogP contribution in [0.3, 0.4) is 0 Å². The lowest BCUT2D eigenvalue weighted by molar-refractivity contribution is -0.152. The monoisotopic (exact) mass is 287 g/mol. The molecule has 0 bridgehead atoms. The molecule has 1 amide bonds. The second-order valence-corrected chi connectivity index (χ2v) is 6.40. The number of hydrogen-bond donors (Lipinski definition) is 1. The van der Waals surface area contributed by atoms with Gasteiger partial charge in [-0.05, 0) is 40.0 Å². The van der Waals surface area contributed by atoms with Crippen LogP contribution in [0.15, 0.2) is 0 Å². The van der Waals surface area contributed by atoms with E-state index in [4.69, 9.17) is 9.47 Å². The molecule has 5 heteroatoms. The van der Waals surface area contributed by atoms with Crippen LogP contribution in [-0.2, 0) is 14.3 Å². The van der Waals surface area contributed by atoms with Crippen LogP contribution in [0, 0.1) is 5.92 Å². The van der Waals surface area contributed by atoms with Crippen molar-refractivity contribution in [2.45, 2.75) is 79.1 Å². The maximum Gasteiger partial charge on any atom is 0.408 e. The van der Waals surface area contributed by atoms with Crippen LogP contribution in [0.4, 0.5) is 4.79 Å². The molecule has 0 aliphatic carbocycles. The summed E-state index contributed by atoms with van der Waals surface area (Å²) in [5, 5.41) is 2.58. The Kier molecular flexibility index (Phi) is 7.61. The molecule has 0 spiro atoms. The maximum atomic E-state index is 12.1. The highest BCUT2D eigenvalue weighted by molar-refractivity contribution is 5.81. The molecule has 118 valence electrons. The summed E-state index contributed by atoms with van der Waals surface area (Å²) in [5.41, 5.74) is -0.592. The van der Waals surface area contributed by atoms with Crippen molar-refractivity contribution in [3.05, 3.63) is 0 Å². The zero-order valence-electron chi connectivity index (χ0n) is 13.8. The van der Waals surface area contributed by atoms with E-state index in [0.717, 1.165) is 12.8 Å². The number of carbonyl (C=O) groups excluding carboxylic acids is 2. The number of esters is 1. The number of hydrogen-bond acceptors (Lipinski definition) is 4. The van der Waals surface area contributed by atoms with E-state index >= 15 is 0 Å². The predicted molar refractivity (Wildman–Crippen MR) is 78.5 cm³/mol. The third-order valence-electron chi connectivity index (χ3n) is 2.61. The molecule has 0 fully saturated rings. The number of amides is 1. The first-order valence-corrected chi connectivity index (χ1v) is 7.26. The van der Waals surface area contributed by atoms with Gasteiger partial charge in [-0.25, -0.2) is 9.59 Å². The molecule has 0 saturated carbocycles. The average Bonchev–Trinajstić information content (AvgIpc) is 2.22. The van der Waals surface area contributed by atoms with Crippen molar-refractivity contribution < 1.29 is 19.1 Å². The van der Waals surface area contributed by atoms with Crippen molar-refractivity contribution in [2.75, 3.05) is 0 Å². The molecular weight excluding hydrogens is 258 g/mol. The van der Waals surface area contributed by atoms with Gasteiger partial charge >= 0.3 is 12.1 Å². The van der Waals surface area contributed by atoms with Crippen LogP contribution in [-0.4, -0.2) is 29.8 Å².